The van der Waals surface area contributed by atoms with Gasteiger partial charge in [-0.1, -0.05) is 24.3 Å². The number of aromatic hydroxyl groups is 2. The molecule has 4 unspecified atom stereocenters. The van der Waals surface area contributed by atoms with Gasteiger partial charge in [0, 0.05) is 13.0 Å². The highest BCUT2D eigenvalue weighted by Gasteiger charge is 2.41. The van der Waals surface area contributed by atoms with Crippen LogP contribution in [0.15, 0.2) is 42.5 Å². The van der Waals surface area contributed by atoms with Crippen molar-refractivity contribution in [3.63, 3.8) is 0 Å². The molecule has 0 amide bonds. The topological polar surface area (TPSA) is 126 Å². The van der Waals surface area contributed by atoms with Crippen LogP contribution in [0.5, 0.6) is 17.2 Å². The third kappa shape index (κ3) is 5.47. The minimum atomic E-state index is -1.45. The summed E-state index contributed by atoms with van der Waals surface area (Å²) in [4.78, 5) is 11.0. The largest absolute Gasteiger partial charge is 0.508 e. The number of rotatable bonds is 5. The van der Waals surface area contributed by atoms with E-state index in [1.165, 1.54) is 19.1 Å². The van der Waals surface area contributed by atoms with Gasteiger partial charge in [0.25, 0.3) is 0 Å². The Labute approximate surface area is 167 Å². The SMILES string of the molecule is CC(=O)OC1COC(Oc2cc(O)cc(C=Cc3ccc(O)cc3)c2)C(O)C1O. The van der Waals surface area contributed by atoms with Gasteiger partial charge in [0.15, 0.2) is 6.10 Å². The summed E-state index contributed by atoms with van der Waals surface area (Å²) < 4.78 is 15.8. The van der Waals surface area contributed by atoms with Crippen molar-refractivity contribution in [1.82, 2.24) is 0 Å². The van der Waals surface area contributed by atoms with E-state index >= 15 is 0 Å². The first kappa shape index (κ1) is 20.7. The molecule has 0 saturated carbocycles. The highest BCUT2D eigenvalue weighted by Crippen LogP contribution is 2.27. The van der Waals surface area contributed by atoms with Crippen molar-refractivity contribution in [3.8, 4) is 17.2 Å². The quantitative estimate of drug-likeness (QED) is 0.439. The lowest BCUT2D eigenvalue weighted by molar-refractivity contribution is -0.247. The molecular weight excluding hydrogens is 380 g/mol. The number of esters is 1. The molecule has 2 aromatic carbocycles. The number of phenols is 2. The highest BCUT2D eigenvalue weighted by molar-refractivity contribution is 5.71. The third-order valence-corrected chi connectivity index (χ3v) is 4.28. The van der Waals surface area contributed by atoms with Crippen LogP contribution in [0, 0.1) is 0 Å². The van der Waals surface area contributed by atoms with Crippen LogP contribution in [0.3, 0.4) is 0 Å². The van der Waals surface area contributed by atoms with Crippen LogP contribution in [0.25, 0.3) is 12.2 Å². The predicted molar refractivity (Wildman–Crippen MR) is 103 cm³/mol. The molecule has 1 fully saturated rings. The van der Waals surface area contributed by atoms with E-state index in [1.807, 2.05) is 0 Å². The average molecular weight is 402 g/mol. The molecule has 4 atom stereocenters. The summed E-state index contributed by atoms with van der Waals surface area (Å²) in [6, 6.07) is 11.1. The lowest BCUT2D eigenvalue weighted by Gasteiger charge is -2.36. The number of carbonyl (C=O) groups is 1. The van der Waals surface area contributed by atoms with Crippen LogP contribution < -0.4 is 4.74 Å². The van der Waals surface area contributed by atoms with Crippen molar-refractivity contribution in [3.05, 3.63) is 53.6 Å². The molecule has 154 valence electrons. The molecule has 3 rings (SSSR count). The molecule has 1 saturated heterocycles. The molecule has 1 aliphatic heterocycles. The van der Waals surface area contributed by atoms with Gasteiger partial charge in [-0.05, 0) is 35.4 Å². The van der Waals surface area contributed by atoms with Crippen LogP contribution in [-0.2, 0) is 14.3 Å². The maximum Gasteiger partial charge on any atom is 0.303 e. The van der Waals surface area contributed by atoms with Gasteiger partial charge in [-0.3, -0.25) is 4.79 Å². The normalized spacial score (nSPS) is 24.4. The summed E-state index contributed by atoms with van der Waals surface area (Å²) >= 11 is 0. The molecule has 1 aliphatic rings. The van der Waals surface area contributed by atoms with Crippen molar-refractivity contribution in [2.45, 2.75) is 31.5 Å². The van der Waals surface area contributed by atoms with Crippen molar-refractivity contribution in [2.24, 2.45) is 0 Å². The van der Waals surface area contributed by atoms with Crippen LogP contribution in [0.2, 0.25) is 0 Å². The van der Waals surface area contributed by atoms with Gasteiger partial charge in [0.05, 0.1) is 6.61 Å². The summed E-state index contributed by atoms with van der Waals surface area (Å²) in [7, 11) is 0. The number of carbonyl (C=O) groups excluding carboxylic acids is 1. The lowest BCUT2D eigenvalue weighted by atomic mass is 10.1. The Morgan fingerprint density at radius 2 is 1.69 bits per heavy atom. The molecule has 0 bridgehead atoms. The highest BCUT2D eigenvalue weighted by atomic mass is 16.7. The summed E-state index contributed by atoms with van der Waals surface area (Å²) in [6.45, 7) is 1.05. The Morgan fingerprint density at radius 1 is 1.00 bits per heavy atom. The Balaban J connectivity index is 1.70. The first-order valence-corrected chi connectivity index (χ1v) is 8.94. The molecule has 0 spiro atoms. The Bertz CT molecular complexity index is 877. The van der Waals surface area contributed by atoms with Gasteiger partial charge in [0.2, 0.25) is 6.29 Å². The van der Waals surface area contributed by atoms with E-state index in [9.17, 15) is 25.2 Å². The number of aliphatic hydroxyl groups excluding tert-OH is 2. The lowest BCUT2D eigenvalue weighted by Crippen LogP contribution is -2.56. The fourth-order valence-electron chi connectivity index (χ4n) is 2.87. The average Bonchev–Trinajstić information content (AvgIpc) is 2.67. The van der Waals surface area contributed by atoms with Crippen molar-refractivity contribution >= 4 is 18.1 Å². The van der Waals surface area contributed by atoms with Gasteiger partial charge in [-0.2, -0.15) is 0 Å². The van der Waals surface area contributed by atoms with Gasteiger partial charge in [0.1, 0.15) is 29.5 Å². The molecule has 2 aromatic rings. The molecule has 1 heterocycles. The van der Waals surface area contributed by atoms with E-state index in [0.29, 0.717) is 5.56 Å². The second kappa shape index (κ2) is 8.95. The minimum absolute atomic E-state index is 0.0588. The predicted octanol–water partition coefficient (Wildman–Crippen LogP) is 1.66. The zero-order valence-corrected chi connectivity index (χ0v) is 15.6. The van der Waals surface area contributed by atoms with Gasteiger partial charge in [-0.15, -0.1) is 0 Å². The molecule has 0 aliphatic carbocycles. The van der Waals surface area contributed by atoms with Crippen molar-refractivity contribution in [1.29, 1.82) is 0 Å². The summed E-state index contributed by atoms with van der Waals surface area (Å²) in [6.07, 6.45) is -1.49. The van der Waals surface area contributed by atoms with Gasteiger partial charge >= 0.3 is 5.97 Å². The molecule has 29 heavy (non-hydrogen) atoms. The summed E-state index contributed by atoms with van der Waals surface area (Å²) in [5.74, 6) is -0.268. The fourth-order valence-corrected chi connectivity index (χ4v) is 2.87. The molecule has 8 heteroatoms. The fraction of sp³-hybridized carbons (Fsp3) is 0.286. The molecule has 0 radical (unpaired) electrons. The van der Waals surface area contributed by atoms with Crippen molar-refractivity contribution < 1.29 is 39.4 Å². The molecule has 4 N–H and O–H groups in total. The Kier molecular flexibility index (Phi) is 6.38. The maximum atomic E-state index is 11.0. The second-order valence-corrected chi connectivity index (χ2v) is 6.63. The van der Waals surface area contributed by atoms with E-state index in [0.717, 1.165) is 5.56 Å². The van der Waals surface area contributed by atoms with E-state index in [-0.39, 0.29) is 23.9 Å². The van der Waals surface area contributed by atoms with E-state index < -0.39 is 30.6 Å². The van der Waals surface area contributed by atoms with E-state index in [1.54, 1.807) is 42.5 Å². The first-order chi connectivity index (χ1) is 13.8. The van der Waals surface area contributed by atoms with Gasteiger partial charge in [-0.25, -0.2) is 0 Å². The number of hydrogen-bond acceptors (Lipinski definition) is 8. The zero-order chi connectivity index (χ0) is 21.0. The summed E-state index contributed by atoms with van der Waals surface area (Å²) in [5, 5.41) is 39.6. The Morgan fingerprint density at radius 3 is 2.38 bits per heavy atom. The van der Waals surface area contributed by atoms with Gasteiger partial charge < -0.3 is 34.6 Å². The Hall–Kier alpha value is -3.07. The molecule has 8 nitrogen and oxygen atoms in total. The number of hydrogen-bond donors (Lipinski definition) is 4. The number of benzene rings is 2. The van der Waals surface area contributed by atoms with Crippen LogP contribution in [-0.4, -0.2) is 57.6 Å². The maximum absolute atomic E-state index is 11.0. The summed E-state index contributed by atoms with van der Waals surface area (Å²) in [5.41, 5.74) is 1.47. The minimum Gasteiger partial charge on any atom is -0.508 e. The molecule has 0 aromatic heterocycles. The smallest absolute Gasteiger partial charge is 0.303 e. The van der Waals surface area contributed by atoms with Crippen LogP contribution in [0.4, 0.5) is 0 Å². The van der Waals surface area contributed by atoms with Crippen molar-refractivity contribution in [2.75, 3.05) is 6.61 Å². The monoisotopic (exact) mass is 402 g/mol. The number of ether oxygens (including phenoxy) is 3. The first-order valence-electron chi connectivity index (χ1n) is 8.94. The number of phenolic OH excluding ortho intramolecular Hbond substituents is 2. The molecular formula is C21H22O8. The van der Waals surface area contributed by atoms with Crippen LogP contribution >= 0.6 is 0 Å². The standard InChI is InChI=1S/C21H22O8/c1-12(22)28-18-11-27-21(20(26)19(18)25)29-17-9-14(8-16(24)10-17)3-2-13-4-6-15(23)7-5-13/h2-10,18-21,23-26H,11H2,1H3. The number of aliphatic hydroxyl groups is 2. The van der Waals surface area contributed by atoms with E-state index in [4.69, 9.17) is 14.2 Å². The third-order valence-electron chi connectivity index (χ3n) is 4.28. The second-order valence-electron chi connectivity index (χ2n) is 6.63. The zero-order valence-electron chi connectivity index (χ0n) is 15.6. The van der Waals surface area contributed by atoms with Crippen LogP contribution in [0.1, 0.15) is 18.1 Å². The van der Waals surface area contributed by atoms with E-state index in [2.05, 4.69) is 0 Å².